The average molecular weight is 533 g/mol. The van der Waals surface area contributed by atoms with E-state index in [2.05, 4.69) is 10.3 Å². The first-order valence-corrected chi connectivity index (χ1v) is 12.8. The summed E-state index contributed by atoms with van der Waals surface area (Å²) in [5, 5.41) is 9.05. The summed E-state index contributed by atoms with van der Waals surface area (Å²) < 4.78 is 24.1. The molecule has 10 heteroatoms. The topological polar surface area (TPSA) is 92.6 Å². The Morgan fingerprint density at radius 2 is 1.79 bits per heavy atom. The van der Waals surface area contributed by atoms with Gasteiger partial charge in [-0.25, -0.2) is 9.40 Å². The molecule has 0 aliphatic carbocycles. The SMILES string of the molecule is COc1ccc(C2=NN(C3=NC(=O)[C@H](CC(=O)Nc4cccc(OC)c4)S3)[C@H](c3ccc(F)cc3)C2)cc1. The van der Waals surface area contributed by atoms with Crippen molar-refractivity contribution < 1.29 is 23.5 Å². The van der Waals surface area contributed by atoms with Gasteiger partial charge in [-0.1, -0.05) is 30.0 Å². The zero-order valence-corrected chi connectivity index (χ0v) is 21.6. The summed E-state index contributed by atoms with van der Waals surface area (Å²) in [6, 6.07) is 20.5. The number of amidine groups is 1. The Morgan fingerprint density at radius 3 is 2.50 bits per heavy atom. The third kappa shape index (κ3) is 5.55. The van der Waals surface area contributed by atoms with Crippen molar-refractivity contribution in [3.05, 3.63) is 89.7 Å². The molecule has 2 heterocycles. The molecular formula is C28H25FN4O4S. The fourth-order valence-corrected chi connectivity index (χ4v) is 5.34. The van der Waals surface area contributed by atoms with E-state index in [1.165, 1.54) is 23.9 Å². The number of halogens is 1. The van der Waals surface area contributed by atoms with Crippen molar-refractivity contribution in [1.29, 1.82) is 0 Å². The number of hydrogen-bond acceptors (Lipinski definition) is 7. The van der Waals surface area contributed by atoms with Gasteiger partial charge >= 0.3 is 0 Å². The summed E-state index contributed by atoms with van der Waals surface area (Å²) in [6.07, 6.45) is 0.491. The van der Waals surface area contributed by atoms with Crippen molar-refractivity contribution in [2.24, 2.45) is 10.1 Å². The predicted molar refractivity (Wildman–Crippen MR) is 145 cm³/mol. The fourth-order valence-electron chi connectivity index (χ4n) is 4.27. The van der Waals surface area contributed by atoms with Crippen molar-refractivity contribution in [1.82, 2.24) is 5.01 Å². The van der Waals surface area contributed by atoms with Gasteiger partial charge in [-0.3, -0.25) is 9.59 Å². The third-order valence-corrected chi connectivity index (χ3v) is 7.38. The Morgan fingerprint density at radius 1 is 1.05 bits per heavy atom. The molecule has 0 saturated carbocycles. The average Bonchev–Trinajstić information content (AvgIpc) is 3.53. The van der Waals surface area contributed by atoms with E-state index in [0.29, 0.717) is 23.0 Å². The van der Waals surface area contributed by atoms with Gasteiger partial charge < -0.3 is 14.8 Å². The number of thioether (sulfide) groups is 1. The molecule has 2 atom stereocenters. The molecule has 0 fully saturated rings. The van der Waals surface area contributed by atoms with Crippen LogP contribution in [0, 0.1) is 5.82 Å². The molecular weight excluding hydrogens is 507 g/mol. The van der Waals surface area contributed by atoms with Gasteiger partial charge in [0.05, 0.1) is 26.0 Å². The highest BCUT2D eigenvalue weighted by molar-refractivity contribution is 8.15. The highest BCUT2D eigenvalue weighted by atomic mass is 32.2. The van der Waals surface area contributed by atoms with Gasteiger partial charge in [0, 0.05) is 24.6 Å². The van der Waals surface area contributed by atoms with Crippen LogP contribution in [0.1, 0.15) is 30.0 Å². The quantitative estimate of drug-likeness (QED) is 0.459. The van der Waals surface area contributed by atoms with Gasteiger partial charge in [0.15, 0.2) is 5.17 Å². The normalized spacial score (nSPS) is 18.7. The second-order valence-corrected chi connectivity index (χ2v) is 9.88. The first kappa shape index (κ1) is 25.5. The molecule has 0 unspecified atom stereocenters. The van der Waals surface area contributed by atoms with Crippen LogP contribution in [-0.2, 0) is 9.59 Å². The first-order chi connectivity index (χ1) is 18.4. The van der Waals surface area contributed by atoms with Gasteiger partial charge in [0.1, 0.15) is 22.6 Å². The van der Waals surface area contributed by atoms with Crippen molar-refractivity contribution >= 4 is 40.1 Å². The van der Waals surface area contributed by atoms with E-state index in [0.717, 1.165) is 22.6 Å². The molecule has 5 rings (SSSR count). The van der Waals surface area contributed by atoms with E-state index in [9.17, 15) is 14.0 Å². The van der Waals surface area contributed by atoms with Crippen LogP contribution in [0.25, 0.3) is 0 Å². The molecule has 3 aromatic rings. The summed E-state index contributed by atoms with van der Waals surface area (Å²) in [5.41, 5.74) is 3.13. The molecule has 0 saturated heterocycles. The molecule has 2 amide bonds. The molecule has 0 bridgehead atoms. The summed E-state index contributed by atoms with van der Waals surface area (Å²) in [7, 11) is 3.15. The molecule has 1 N–H and O–H groups in total. The Hall–Kier alpha value is -4.18. The number of carbonyl (C=O) groups excluding carboxylic acids is 2. The van der Waals surface area contributed by atoms with E-state index in [-0.39, 0.29) is 24.2 Å². The minimum Gasteiger partial charge on any atom is -0.497 e. The number of methoxy groups -OCH3 is 2. The van der Waals surface area contributed by atoms with Crippen LogP contribution in [0.2, 0.25) is 0 Å². The molecule has 0 aromatic heterocycles. The lowest BCUT2D eigenvalue weighted by molar-refractivity contribution is -0.121. The van der Waals surface area contributed by atoms with Crippen molar-refractivity contribution in [2.75, 3.05) is 19.5 Å². The molecule has 0 spiro atoms. The number of nitrogens with zero attached hydrogens (tertiary/aromatic N) is 3. The van der Waals surface area contributed by atoms with E-state index < -0.39 is 11.2 Å². The second kappa shape index (κ2) is 11.1. The molecule has 38 heavy (non-hydrogen) atoms. The monoisotopic (exact) mass is 532 g/mol. The Bertz CT molecular complexity index is 1410. The van der Waals surface area contributed by atoms with Gasteiger partial charge in [-0.15, -0.1) is 0 Å². The van der Waals surface area contributed by atoms with Crippen LogP contribution in [0.4, 0.5) is 10.1 Å². The van der Waals surface area contributed by atoms with E-state index >= 15 is 0 Å². The van der Waals surface area contributed by atoms with Crippen LogP contribution in [0.5, 0.6) is 11.5 Å². The van der Waals surface area contributed by atoms with Gasteiger partial charge in [-0.2, -0.15) is 10.1 Å². The van der Waals surface area contributed by atoms with Crippen LogP contribution in [0.15, 0.2) is 82.9 Å². The number of hydrogen-bond donors (Lipinski definition) is 1. The third-order valence-electron chi connectivity index (χ3n) is 6.24. The van der Waals surface area contributed by atoms with Crippen LogP contribution >= 0.6 is 11.8 Å². The second-order valence-electron chi connectivity index (χ2n) is 8.71. The zero-order chi connectivity index (χ0) is 26.6. The molecule has 3 aromatic carbocycles. The number of benzene rings is 3. The van der Waals surface area contributed by atoms with Crippen molar-refractivity contribution in [3.63, 3.8) is 0 Å². The Labute approximate surface area is 223 Å². The zero-order valence-electron chi connectivity index (χ0n) is 20.8. The minimum atomic E-state index is -0.676. The highest BCUT2D eigenvalue weighted by Gasteiger charge is 2.39. The van der Waals surface area contributed by atoms with Crippen LogP contribution in [-0.4, -0.2) is 47.2 Å². The fraction of sp³-hybridized carbons (Fsp3) is 0.214. The van der Waals surface area contributed by atoms with E-state index in [1.807, 2.05) is 24.3 Å². The van der Waals surface area contributed by atoms with Gasteiger partial charge in [0.2, 0.25) is 5.91 Å². The Balaban J connectivity index is 1.34. The molecule has 2 aliphatic rings. The number of aliphatic imine (C=N–C) groups is 1. The smallest absolute Gasteiger partial charge is 0.262 e. The first-order valence-electron chi connectivity index (χ1n) is 11.9. The number of ether oxygens (including phenoxy) is 2. The lowest BCUT2D eigenvalue weighted by Gasteiger charge is -2.23. The summed E-state index contributed by atoms with van der Waals surface area (Å²) >= 11 is 1.21. The molecule has 2 aliphatic heterocycles. The maximum absolute atomic E-state index is 13.6. The number of carbonyl (C=O) groups is 2. The maximum Gasteiger partial charge on any atom is 0.262 e. The predicted octanol–water partition coefficient (Wildman–Crippen LogP) is 5.02. The van der Waals surface area contributed by atoms with Crippen LogP contribution in [0.3, 0.4) is 0 Å². The minimum absolute atomic E-state index is 0.0438. The molecule has 0 radical (unpaired) electrons. The summed E-state index contributed by atoms with van der Waals surface area (Å²) in [5.74, 6) is 0.317. The molecule has 8 nitrogen and oxygen atoms in total. The van der Waals surface area contributed by atoms with Gasteiger partial charge in [-0.05, 0) is 59.7 Å². The number of amides is 2. The highest BCUT2D eigenvalue weighted by Crippen LogP contribution is 2.39. The van der Waals surface area contributed by atoms with Crippen LogP contribution < -0.4 is 14.8 Å². The molecule has 194 valence electrons. The van der Waals surface area contributed by atoms with Crippen molar-refractivity contribution in [3.8, 4) is 11.5 Å². The Kier molecular flexibility index (Phi) is 7.41. The largest absolute Gasteiger partial charge is 0.497 e. The number of rotatable bonds is 7. The summed E-state index contributed by atoms with van der Waals surface area (Å²) in [6.45, 7) is 0. The number of hydrazone groups is 1. The standard InChI is InChI=1S/C28H25FN4O4S/c1-36-21-12-8-17(9-13-21)23-15-24(18-6-10-19(29)11-7-18)33(32-23)28-31-27(35)25(38-28)16-26(34)30-20-4-3-5-22(14-20)37-2/h3-14,24-25H,15-16H2,1-2H3,(H,30,34)/t24-,25-/m0/s1. The van der Waals surface area contributed by atoms with Gasteiger partial charge in [0.25, 0.3) is 5.91 Å². The van der Waals surface area contributed by atoms with Crippen molar-refractivity contribution in [2.45, 2.75) is 24.1 Å². The lowest BCUT2D eigenvalue weighted by atomic mass is 9.98. The lowest BCUT2D eigenvalue weighted by Crippen LogP contribution is -2.25. The maximum atomic E-state index is 13.6. The van der Waals surface area contributed by atoms with E-state index in [1.54, 1.807) is 55.6 Å². The number of anilines is 1. The summed E-state index contributed by atoms with van der Waals surface area (Å²) in [4.78, 5) is 29.7. The number of nitrogens with one attached hydrogen (secondary N) is 1. The van der Waals surface area contributed by atoms with E-state index in [4.69, 9.17) is 14.6 Å².